The molecule has 1 aromatic rings. The Labute approximate surface area is 106 Å². The lowest BCUT2D eigenvalue weighted by atomic mass is 10.1. The van der Waals surface area contributed by atoms with Crippen molar-refractivity contribution in [3.05, 3.63) is 18.2 Å². The molecule has 98 valence electrons. The summed E-state index contributed by atoms with van der Waals surface area (Å²) in [5, 5.41) is 9.01. The van der Waals surface area contributed by atoms with Crippen molar-refractivity contribution in [1.29, 1.82) is 0 Å². The summed E-state index contributed by atoms with van der Waals surface area (Å²) in [7, 11) is 1.56. The Morgan fingerprint density at radius 3 is 2.72 bits per heavy atom. The highest BCUT2D eigenvalue weighted by Gasteiger charge is 2.56. The largest absolute Gasteiger partial charge is 0.497 e. The number of nitrogen functional groups attached to an aromatic ring is 1. The number of methoxy groups -OCH3 is 1. The van der Waals surface area contributed by atoms with Gasteiger partial charge in [0.1, 0.15) is 11.5 Å². The average molecular weight is 251 g/mol. The summed E-state index contributed by atoms with van der Waals surface area (Å²) in [5.41, 5.74) is 5.63. The van der Waals surface area contributed by atoms with Crippen LogP contribution in [0.15, 0.2) is 18.2 Å². The standard InChI is InChI=1S/C13H17NO4/c1-13(12(15)16)6-8(13)7-18-11-4-9(14)3-10(5-11)17-2/h3-5,8H,6-7,14H2,1-2H3,(H,15,16). The number of ether oxygens (including phenoxy) is 2. The van der Waals surface area contributed by atoms with Crippen molar-refractivity contribution in [2.24, 2.45) is 11.3 Å². The second-order valence-electron chi connectivity index (χ2n) is 4.88. The number of carboxylic acids is 1. The number of benzene rings is 1. The SMILES string of the molecule is COc1cc(N)cc(OCC2CC2(C)C(=O)O)c1. The molecule has 18 heavy (non-hydrogen) atoms. The van der Waals surface area contributed by atoms with Gasteiger partial charge in [-0.15, -0.1) is 0 Å². The maximum absolute atomic E-state index is 11.0. The topological polar surface area (TPSA) is 81.8 Å². The molecule has 0 amide bonds. The summed E-state index contributed by atoms with van der Waals surface area (Å²) in [6, 6.07) is 5.13. The van der Waals surface area contributed by atoms with E-state index in [1.165, 1.54) is 0 Å². The van der Waals surface area contributed by atoms with Crippen LogP contribution in [0.3, 0.4) is 0 Å². The Hall–Kier alpha value is -1.91. The van der Waals surface area contributed by atoms with Gasteiger partial charge in [0.05, 0.1) is 19.1 Å². The fourth-order valence-electron chi connectivity index (χ4n) is 1.95. The van der Waals surface area contributed by atoms with Gasteiger partial charge in [0.25, 0.3) is 0 Å². The Balaban J connectivity index is 1.96. The first-order valence-corrected chi connectivity index (χ1v) is 5.76. The van der Waals surface area contributed by atoms with E-state index < -0.39 is 11.4 Å². The summed E-state index contributed by atoms with van der Waals surface area (Å²) in [5.74, 6) is 0.525. The highest BCUT2D eigenvalue weighted by molar-refractivity contribution is 5.78. The van der Waals surface area contributed by atoms with Crippen LogP contribution in [0.25, 0.3) is 0 Å². The molecule has 0 radical (unpaired) electrons. The molecule has 1 aliphatic rings. The highest BCUT2D eigenvalue weighted by atomic mass is 16.5. The van der Waals surface area contributed by atoms with Crippen molar-refractivity contribution in [2.45, 2.75) is 13.3 Å². The zero-order chi connectivity index (χ0) is 13.3. The van der Waals surface area contributed by atoms with Gasteiger partial charge in [-0.2, -0.15) is 0 Å². The first kappa shape index (κ1) is 12.5. The summed E-state index contributed by atoms with van der Waals surface area (Å²) in [6.45, 7) is 2.12. The summed E-state index contributed by atoms with van der Waals surface area (Å²) in [6.07, 6.45) is 0.655. The second kappa shape index (κ2) is 4.40. The van der Waals surface area contributed by atoms with E-state index in [2.05, 4.69) is 0 Å². The van der Waals surface area contributed by atoms with Gasteiger partial charge in [-0.25, -0.2) is 0 Å². The third kappa shape index (κ3) is 2.34. The van der Waals surface area contributed by atoms with Crippen LogP contribution in [0.5, 0.6) is 11.5 Å². The minimum atomic E-state index is -0.763. The summed E-state index contributed by atoms with van der Waals surface area (Å²) in [4.78, 5) is 11.0. The Kier molecular flexibility index (Phi) is 3.07. The fraction of sp³-hybridized carbons (Fsp3) is 0.462. The number of anilines is 1. The van der Waals surface area contributed by atoms with E-state index in [9.17, 15) is 4.79 Å². The van der Waals surface area contributed by atoms with Crippen LogP contribution >= 0.6 is 0 Å². The van der Waals surface area contributed by atoms with Crippen LogP contribution in [0.1, 0.15) is 13.3 Å². The lowest BCUT2D eigenvalue weighted by molar-refractivity contribution is -0.143. The third-order valence-electron chi connectivity index (χ3n) is 3.49. The molecule has 2 rings (SSSR count). The monoisotopic (exact) mass is 251 g/mol. The van der Waals surface area contributed by atoms with Gasteiger partial charge in [-0.1, -0.05) is 0 Å². The van der Waals surface area contributed by atoms with E-state index in [-0.39, 0.29) is 5.92 Å². The molecule has 1 fully saturated rings. The predicted octanol–water partition coefficient (Wildman–Crippen LogP) is 1.77. The van der Waals surface area contributed by atoms with Gasteiger partial charge in [-0.05, 0) is 13.3 Å². The normalized spacial score (nSPS) is 25.6. The number of rotatable bonds is 5. The van der Waals surface area contributed by atoms with Gasteiger partial charge in [0.15, 0.2) is 0 Å². The molecule has 1 aliphatic carbocycles. The van der Waals surface area contributed by atoms with Crippen LogP contribution in [0.4, 0.5) is 5.69 Å². The molecule has 0 heterocycles. The first-order chi connectivity index (χ1) is 8.45. The fourth-order valence-corrected chi connectivity index (χ4v) is 1.95. The molecule has 0 aliphatic heterocycles. The zero-order valence-corrected chi connectivity index (χ0v) is 10.5. The number of carboxylic acid groups (broad SMARTS) is 1. The van der Waals surface area contributed by atoms with E-state index in [0.717, 1.165) is 0 Å². The van der Waals surface area contributed by atoms with E-state index in [1.54, 1.807) is 32.2 Å². The summed E-state index contributed by atoms with van der Waals surface area (Å²) >= 11 is 0. The molecule has 0 spiro atoms. The molecule has 5 heteroatoms. The number of hydrogen-bond acceptors (Lipinski definition) is 4. The van der Waals surface area contributed by atoms with Crippen molar-refractivity contribution in [3.8, 4) is 11.5 Å². The number of carbonyl (C=O) groups is 1. The van der Waals surface area contributed by atoms with Gasteiger partial charge in [0, 0.05) is 29.8 Å². The lowest BCUT2D eigenvalue weighted by Gasteiger charge is -2.10. The molecular formula is C13H17NO4. The van der Waals surface area contributed by atoms with Crippen molar-refractivity contribution < 1.29 is 19.4 Å². The predicted molar refractivity (Wildman–Crippen MR) is 66.8 cm³/mol. The molecular weight excluding hydrogens is 234 g/mol. The molecule has 2 atom stereocenters. The van der Waals surface area contributed by atoms with Crippen LogP contribution < -0.4 is 15.2 Å². The molecule has 1 aromatic carbocycles. The second-order valence-corrected chi connectivity index (χ2v) is 4.88. The van der Waals surface area contributed by atoms with E-state index >= 15 is 0 Å². The number of aliphatic carboxylic acids is 1. The van der Waals surface area contributed by atoms with Gasteiger partial charge < -0.3 is 20.3 Å². The molecule has 2 unspecified atom stereocenters. The Morgan fingerprint density at radius 2 is 2.17 bits per heavy atom. The number of hydrogen-bond donors (Lipinski definition) is 2. The van der Waals surface area contributed by atoms with Crippen molar-refractivity contribution in [3.63, 3.8) is 0 Å². The van der Waals surface area contributed by atoms with Gasteiger partial charge >= 0.3 is 5.97 Å². The molecule has 0 aromatic heterocycles. The van der Waals surface area contributed by atoms with Crippen LogP contribution in [0.2, 0.25) is 0 Å². The van der Waals surface area contributed by atoms with Crippen LogP contribution in [-0.4, -0.2) is 24.8 Å². The van der Waals surface area contributed by atoms with Gasteiger partial charge in [-0.3, -0.25) is 4.79 Å². The first-order valence-electron chi connectivity index (χ1n) is 5.76. The number of nitrogens with two attached hydrogens (primary N) is 1. The zero-order valence-electron chi connectivity index (χ0n) is 10.5. The third-order valence-corrected chi connectivity index (χ3v) is 3.49. The van der Waals surface area contributed by atoms with Crippen LogP contribution in [-0.2, 0) is 4.79 Å². The Bertz CT molecular complexity index is 474. The molecule has 0 bridgehead atoms. The maximum Gasteiger partial charge on any atom is 0.309 e. The minimum absolute atomic E-state index is 0.0578. The quantitative estimate of drug-likeness (QED) is 0.779. The summed E-state index contributed by atoms with van der Waals surface area (Å²) < 4.78 is 10.7. The Morgan fingerprint density at radius 1 is 1.50 bits per heavy atom. The highest BCUT2D eigenvalue weighted by Crippen LogP contribution is 2.52. The van der Waals surface area contributed by atoms with Crippen molar-refractivity contribution in [2.75, 3.05) is 19.5 Å². The van der Waals surface area contributed by atoms with Crippen LogP contribution in [0, 0.1) is 11.3 Å². The van der Waals surface area contributed by atoms with Crippen molar-refractivity contribution >= 4 is 11.7 Å². The smallest absolute Gasteiger partial charge is 0.309 e. The molecule has 1 saturated carbocycles. The maximum atomic E-state index is 11.0. The molecule has 5 nitrogen and oxygen atoms in total. The molecule has 3 N–H and O–H groups in total. The molecule has 0 saturated heterocycles. The van der Waals surface area contributed by atoms with Gasteiger partial charge in [0.2, 0.25) is 0 Å². The lowest BCUT2D eigenvalue weighted by Crippen LogP contribution is -2.16. The van der Waals surface area contributed by atoms with E-state index in [4.69, 9.17) is 20.3 Å². The van der Waals surface area contributed by atoms with E-state index in [0.29, 0.717) is 30.2 Å². The average Bonchev–Trinajstić information content (AvgIpc) is 2.99. The van der Waals surface area contributed by atoms with Crippen molar-refractivity contribution in [1.82, 2.24) is 0 Å². The van der Waals surface area contributed by atoms with E-state index in [1.807, 2.05) is 0 Å². The minimum Gasteiger partial charge on any atom is -0.497 e.